The van der Waals surface area contributed by atoms with Gasteiger partial charge in [0.25, 0.3) is 0 Å². The molecule has 2 rings (SSSR count). The minimum Gasteiger partial charge on any atom is -0.395 e. The van der Waals surface area contributed by atoms with Gasteiger partial charge in [0, 0.05) is 23.8 Å². The second-order valence-corrected chi connectivity index (χ2v) is 7.69. The lowest BCUT2D eigenvalue weighted by Gasteiger charge is -2.11. The van der Waals surface area contributed by atoms with Crippen LogP contribution in [0.1, 0.15) is 5.56 Å². The summed E-state index contributed by atoms with van der Waals surface area (Å²) in [4.78, 5) is 0.117. The zero-order valence-corrected chi connectivity index (χ0v) is 15.6. The van der Waals surface area contributed by atoms with E-state index in [4.69, 9.17) is 28.9 Å². The van der Waals surface area contributed by atoms with Crippen molar-refractivity contribution in [3.63, 3.8) is 0 Å². The van der Waals surface area contributed by atoms with Crippen molar-refractivity contribution in [1.82, 2.24) is 10.0 Å². The molecule has 4 N–H and O–H groups in total. The molecule has 134 valence electrons. The zero-order valence-electron chi connectivity index (χ0n) is 13.2. The third-order valence-corrected chi connectivity index (χ3v) is 5.17. The highest BCUT2D eigenvalue weighted by Gasteiger charge is 2.12. The summed E-state index contributed by atoms with van der Waals surface area (Å²) < 4.78 is 26.1. The number of anilines is 1. The molecule has 0 spiro atoms. The number of benzene rings is 2. The Hall–Kier alpha value is -1.71. The first kappa shape index (κ1) is 19.6. The van der Waals surface area contributed by atoms with Gasteiger partial charge in [-0.15, -0.1) is 0 Å². The highest BCUT2D eigenvalue weighted by molar-refractivity contribution is 7.89. The van der Waals surface area contributed by atoms with Gasteiger partial charge < -0.3 is 15.7 Å². The standard InChI is InChI=1S/C16H18ClN3O3S2/c17-13-3-1-12(2-4-13)11-18-16(24)20-14-5-7-15(8-6-14)25(22,23)19-9-10-21/h1-8,19,21H,9-11H2,(H2,18,20,24). The van der Waals surface area contributed by atoms with Gasteiger partial charge in [0.15, 0.2) is 5.11 Å². The summed E-state index contributed by atoms with van der Waals surface area (Å²) in [7, 11) is -3.61. The second-order valence-electron chi connectivity index (χ2n) is 5.08. The van der Waals surface area contributed by atoms with Crippen molar-refractivity contribution in [2.24, 2.45) is 0 Å². The van der Waals surface area contributed by atoms with Crippen molar-refractivity contribution >= 4 is 44.6 Å². The van der Waals surface area contributed by atoms with E-state index in [1.165, 1.54) is 12.1 Å². The van der Waals surface area contributed by atoms with Gasteiger partial charge in [0.2, 0.25) is 10.0 Å². The summed E-state index contributed by atoms with van der Waals surface area (Å²) >= 11 is 11.1. The monoisotopic (exact) mass is 399 g/mol. The molecule has 25 heavy (non-hydrogen) atoms. The molecule has 0 radical (unpaired) electrons. The molecule has 0 heterocycles. The molecule has 0 saturated heterocycles. The van der Waals surface area contributed by atoms with Crippen molar-refractivity contribution in [1.29, 1.82) is 0 Å². The summed E-state index contributed by atoms with van der Waals surface area (Å²) in [5.74, 6) is 0. The molecule has 2 aromatic carbocycles. The molecule has 0 amide bonds. The third kappa shape index (κ3) is 6.26. The maximum Gasteiger partial charge on any atom is 0.240 e. The Morgan fingerprint density at radius 1 is 1.08 bits per heavy atom. The molecule has 9 heteroatoms. The molecule has 6 nitrogen and oxygen atoms in total. The number of thiocarbonyl (C=S) groups is 1. The normalized spacial score (nSPS) is 11.1. The quantitative estimate of drug-likeness (QED) is 0.533. The van der Waals surface area contributed by atoms with Crippen LogP contribution in [0.2, 0.25) is 5.02 Å². The van der Waals surface area contributed by atoms with E-state index in [9.17, 15) is 8.42 Å². The van der Waals surface area contributed by atoms with E-state index in [-0.39, 0.29) is 18.0 Å². The fraction of sp³-hybridized carbons (Fsp3) is 0.188. The average molecular weight is 400 g/mol. The Morgan fingerprint density at radius 2 is 1.72 bits per heavy atom. The predicted molar refractivity (Wildman–Crippen MR) is 103 cm³/mol. The van der Waals surface area contributed by atoms with E-state index >= 15 is 0 Å². The zero-order chi connectivity index (χ0) is 18.3. The molecular formula is C16H18ClN3O3S2. The van der Waals surface area contributed by atoms with Crippen molar-refractivity contribution in [2.75, 3.05) is 18.5 Å². The number of sulfonamides is 1. The van der Waals surface area contributed by atoms with Crippen molar-refractivity contribution in [3.05, 3.63) is 59.1 Å². The van der Waals surface area contributed by atoms with Crippen LogP contribution in [0.3, 0.4) is 0 Å². The molecule has 0 saturated carbocycles. The topological polar surface area (TPSA) is 90.5 Å². The minimum atomic E-state index is -3.61. The molecule has 0 aliphatic carbocycles. The summed E-state index contributed by atoms with van der Waals surface area (Å²) in [5.41, 5.74) is 1.69. The van der Waals surface area contributed by atoms with Crippen molar-refractivity contribution in [3.8, 4) is 0 Å². The molecule has 2 aromatic rings. The first-order valence-corrected chi connectivity index (χ1v) is 9.67. The van der Waals surface area contributed by atoms with Crippen LogP contribution < -0.4 is 15.4 Å². The lowest BCUT2D eigenvalue weighted by Crippen LogP contribution is -2.28. The van der Waals surface area contributed by atoms with E-state index in [1.807, 2.05) is 12.1 Å². The molecule has 0 aliphatic heterocycles. The third-order valence-electron chi connectivity index (χ3n) is 3.19. The van der Waals surface area contributed by atoms with Crippen molar-refractivity contribution < 1.29 is 13.5 Å². The molecule has 0 aliphatic rings. The Morgan fingerprint density at radius 3 is 2.32 bits per heavy atom. The van der Waals surface area contributed by atoms with E-state index in [1.54, 1.807) is 24.3 Å². The first-order valence-electron chi connectivity index (χ1n) is 7.40. The van der Waals surface area contributed by atoms with Gasteiger partial charge >= 0.3 is 0 Å². The Labute approximate surface area is 157 Å². The van der Waals surface area contributed by atoms with Crippen LogP contribution in [0.25, 0.3) is 0 Å². The minimum absolute atomic E-state index is 0.0267. The molecular weight excluding hydrogens is 382 g/mol. The van der Waals surface area contributed by atoms with Gasteiger partial charge in [0.05, 0.1) is 11.5 Å². The Balaban J connectivity index is 1.89. The van der Waals surface area contributed by atoms with Crippen LogP contribution >= 0.6 is 23.8 Å². The SMILES string of the molecule is O=S(=O)(NCCO)c1ccc(NC(=S)NCc2ccc(Cl)cc2)cc1. The fourth-order valence-corrected chi connectivity index (χ4v) is 3.28. The number of aliphatic hydroxyl groups is 1. The fourth-order valence-electron chi connectivity index (χ4n) is 1.94. The maximum atomic E-state index is 11.9. The molecule has 0 atom stereocenters. The van der Waals surface area contributed by atoms with Gasteiger partial charge in [-0.05, 0) is 54.2 Å². The largest absolute Gasteiger partial charge is 0.395 e. The van der Waals surface area contributed by atoms with Crippen LogP contribution in [0.4, 0.5) is 5.69 Å². The Kier molecular flexibility index (Phi) is 7.15. The van der Waals surface area contributed by atoms with Crippen LogP contribution in [-0.2, 0) is 16.6 Å². The highest BCUT2D eigenvalue weighted by atomic mass is 35.5. The number of hydrogen-bond acceptors (Lipinski definition) is 4. The number of aliphatic hydroxyl groups excluding tert-OH is 1. The summed E-state index contributed by atoms with van der Waals surface area (Å²) in [6.07, 6.45) is 0. The molecule has 0 aromatic heterocycles. The smallest absolute Gasteiger partial charge is 0.240 e. The molecule has 0 bridgehead atoms. The van der Waals surface area contributed by atoms with E-state index in [0.29, 0.717) is 22.4 Å². The average Bonchev–Trinajstić information content (AvgIpc) is 2.60. The summed E-state index contributed by atoms with van der Waals surface area (Å²) in [6.45, 7) is 0.258. The Bertz CT molecular complexity index is 810. The number of nitrogens with one attached hydrogen (secondary N) is 3. The summed E-state index contributed by atoms with van der Waals surface area (Å²) in [6, 6.07) is 13.6. The lowest BCUT2D eigenvalue weighted by atomic mass is 10.2. The molecule has 0 unspecified atom stereocenters. The molecule has 0 fully saturated rings. The van der Waals surface area contributed by atoms with Gasteiger partial charge in [-0.2, -0.15) is 0 Å². The van der Waals surface area contributed by atoms with Gasteiger partial charge in [0.1, 0.15) is 0 Å². The lowest BCUT2D eigenvalue weighted by molar-refractivity contribution is 0.301. The summed E-state index contributed by atoms with van der Waals surface area (Å²) in [5, 5.41) is 15.8. The van der Waals surface area contributed by atoms with Gasteiger partial charge in [-0.25, -0.2) is 13.1 Å². The second kappa shape index (κ2) is 9.12. The number of rotatable bonds is 7. The maximum absolute atomic E-state index is 11.9. The van der Waals surface area contributed by atoms with Gasteiger partial charge in [-0.3, -0.25) is 0 Å². The van der Waals surface area contributed by atoms with Crippen LogP contribution in [0.15, 0.2) is 53.4 Å². The van der Waals surface area contributed by atoms with Crippen molar-refractivity contribution in [2.45, 2.75) is 11.4 Å². The van der Waals surface area contributed by atoms with Crippen LogP contribution in [-0.4, -0.2) is 31.8 Å². The number of hydrogen-bond donors (Lipinski definition) is 4. The number of halogens is 1. The van der Waals surface area contributed by atoms with E-state index < -0.39 is 10.0 Å². The van der Waals surface area contributed by atoms with Crippen LogP contribution in [0, 0.1) is 0 Å². The van der Waals surface area contributed by atoms with E-state index in [2.05, 4.69) is 15.4 Å². The first-order chi connectivity index (χ1) is 11.9. The van der Waals surface area contributed by atoms with Gasteiger partial charge in [-0.1, -0.05) is 23.7 Å². The van der Waals surface area contributed by atoms with E-state index in [0.717, 1.165) is 5.56 Å². The van der Waals surface area contributed by atoms with Crippen LogP contribution in [0.5, 0.6) is 0 Å². The highest BCUT2D eigenvalue weighted by Crippen LogP contribution is 2.14. The predicted octanol–water partition coefficient (Wildman–Crippen LogP) is 2.10.